The van der Waals surface area contributed by atoms with Crippen molar-refractivity contribution in [3.8, 4) is 0 Å². The van der Waals surface area contributed by atoms with Crippen molar-refractivity contribution in [2.45, 2.75) is 179 Å². The standard InChI is InChI=1S/C40H66O3/c1-27-11-17-30(18-12-27)40(37-9-5-3-7-35(37)36-8-4-6-10-38(36)40)31-19-25-34(26-20-31)43-33-23-15-29(16-24-33)39(41)28-13-21-32(42-2)22-14-28/h27-38H,3-26H2,1-2H3. The molecule has 0 N–H and O–H groups in total. The number of ketones is 1. The van der Waals surface area contributed by atoms with Gasteiger partial charge in [-0.15, -0.1) is 0 Å². The molecule has 0 bridgehead atoms. The molecule has 3 nitrogen and oxygen atoms in total. The minimum Gasteiger partial charge on any atom is -0.381 e. The third-order valence-electron chi connectivity index (χ3n) is 15.4. The van der Waals surface area contributed by atoms with Gasteiger partial charge in [-0.25, -0.2) is 0 Å². The van der Waals surface area contributed by atoms with E-state index < -0.39 is 0 Å². The summed E-state index contributed by atoms with van der Waals surface area (Å²) >= 11 is 0. The molecule has 0 aromatic carbocycles. The summed E-state index contributed by atoms with van der Waals surface area (Å²) in [5, 5.41) is 0. The van der Waals surface area contributed by atoms with Crippen LogP contribution in [0.1, 0.15) is 161 Å². The molecular weight excluding hydrogens is 528 g/mol. The van der Waals surface area contributed by atoms with Crippen LogP contribution in [0.2, 0.25) is 0 Å². The van der Waals surface area contributed by atoms with Crippen molar-refractivity contribution in [1.29, 1.82) is 0 Å². The number of methoxy groups -OCH3 is 1. The number of carbonyl (C=O) groups excluding carboxylic acids is 1. The fourth-order valence-electron chi connectivity index (χ4n) is 13.5. The molecule has 0 aromatic heterocycles. The van der Waals surface area contributed by atoms with E-state index in [0.717, 1.165) is 92.8 Å². The summed E-state index contributed by atoms with van der Waals surface area (Å²) in [6, 6.07) is 0. The monoisotopic (exact) mass is 595 g/mol. The van der Waals surface area contributed by atoms with E-state index in [1.807, 2.05) is 7.11 Å². The van der Waals surface area contributed by atoms with Crippen LogP contribution in [0.15, 0.2) is 0 Å². The average molecular weight is 595 g/mol. The minimum atomic E-state index is 0.298. The number of hydrogen-bond donors (Lipinski definition) is 0. The molecule has 244 valence electrons. The highest BCUT2D eigenvalue weighted by molar-refractivity contribution is 5.83. The van der Waals surface area contributed by atoms with Crippen LogP contribution >= 0.6 is 0 Å². The molecule has 43 heavy (non-hydrogen) atoms. The summed E-state index contributed by atoms with van der Waals surface area (Å²) in [5.74, 6) is 8.35. The molecule has 7 rings (SSSR count). The maximum absolute atomic E-state index is 13.3. The van der Waals surface area contributed by atoms with E-state index >= 15 is 0 Å². The Morgan fingerprint density at radius 2 is 0.930 bits per heavy atom. The summed E-state index contributed by atoms with van der Waals surface area (Å²) in [5.41, 5.74) is 0.669. The van der Waals surface area contributed by atoms with E-state index in [4.69, 9.17) is 9.47 Å². The second-order valence-electron chi connectivity index (χ2n) is 17.3. The molecule has 4 unspecified atom stereocenters. The Morgan fingerprint density at radius 1 is 0.512 bits per heavy atom. The van der Waals surface area contributed by atoms with Crippen LogP contribution in [0.3, 0.4) is 0 Å². The molecule has 7 aliphatic carbocycles. The van der Waals surface area contributed by atoms with Gasteiger partial charge in [-0.2, -0.15) is 0 Å². The van der Waals surface area contributed by atoms with Gasteiger partial charge in [-0.3, -0.25) is 4.79 Å². The minimum absolute atomic E-state index is 0.298. The van der Waals surface area contributed by atoms with Crippen LogP contribution in [0, 0.1) is 58.7 Å². The van der Waals surface area contributed by atoms with Gasteiger partial charge >= 0.3 is 0 Å². The van der Waals surface area contributed by atoms with Gasteiger partial charge in [0.15, 0.2) is 0 Å². The Morgan fingerprint density at radius 3 is 1.42 bits per heavy atom. The molecule has 3 heteroatoms. The maximum Gasteiger partial charge on any atom is 0.139 e. The summed E-state index contributed by atoms with van der Waals surface area (Å²) < 4.78 is 12.5. The Labute approximate surface area is 264 Å². The molecule has 0 saturated heterocycles. The van der Waals surface area contributed by atoms with E-state index in [-0.39, 0.29) is 0 Å². The molecule has 0 amide bonds. The summed E-state index contributed by atoms with van der Waals surface area (Å²) in [4.78, 5) is 13.3. The molecular formula is C40H66O3. The number of rotatable bonds is 7. The molecule has 0 spiro atoms. The summed E-state index contributed by atoms with van der Waals surface area (Å²) in [6.45, 7) is 2.53. The summed E-state index contributed by atoms with van der Waals surface area (Å²) in [6.07, 6.45) is 33.8. The van der Waals surface area contributed by atoms with E-state index in [9.17, 15) is 4.79 Å². The quantitative estimate of drug-likeness (QED) is 0.294. The maximum atomic E-state index is 13.3. The molecule has 0 heterocycles. The normalized spacial score (nSPS) is 49.2. The number of Topliss-reactive ketones (excluding diaryl/α,β-unsaturated/α-hetero) is 1. The first kappa shape index (κ1) is 31.2. The van der Waals surface area contributed by atoms with E-state index in [0.29, 0.717) is 41.3 Å². The van der Waals surface area contributed by atoms with Crippen LogP contribution in [0.5, 0.6) is 0 Å². The molecule has 7 aliphatic rings. The van der Waals surface area contributed by atoms with E-state index in [1.54, 1.807) is 38.5 Å². The number of fused-ring (bicyclic) bond motifs is 3. The average Bonchev–Trinajstić information content (AvgIpc) is 3.37. The van der Waals surface area contributed by atoms with Crippen molar-refractivity contribution in [3.63, 3.8) is 0 Å². The third kappa shape index (κ3) is 6.07. The Kier molecular flexibility index (Phi) is 9.98. The van der Waals surface area contributed by atoms with Crippen molar-refractivity contribution in [2.24, 2.45) is 58.7 Å². The zero-order valence-electron chi connectivity index (χ0n) is 28.1. The Balaban J connectivity index is 0.970. The zero-order chi connectivity index (χ0) is 29.4. The van der Waals surface area contributed by atoms with Crippen LogP contribution in [-0.4, -0.2) is 31.2 Å². The van der Waals surface area contributed by atoms with Crippen LogP contribution in [0.25, 0.3) is 0 Å². The van der Waals surface area contributed by atoms with Crippen LogP contribution < -0.4 is 0 Å². The second-order valence-corrected chi connectivity index (χ2v) is 17.3. The van der Waals surface area contributed by atoms with Gasteiger partial charge in [0, 0.05) is 18.9 Å². The molecule has 0 aliphatic heterocycles. The van der Waals surface area contributed by atoms with Gasteiger partial charge in [-0.1, -0.05) is 45.4 Å². The topological polar surface area (TPSA) is 35.5 Å². The van der Waals surface area contributed by atoms with Gasteiger partial charge in [-0.05, 0) is 162 Å². The highest BCUT2D eigenvalue weighted by Crippen LogP contribution is 2.71. The van der Waals surface area contributed by atoms with Gasteiger partial charge in [0.05, 0.1) is 18.3 Å². The molecule has 4 atom stereocenters. The Bertz CT molecular complexity index is 875. The first-order valence-corrected chi connectivity index (χ1v) is 19.8. The highest BCUT2D eigenvalue weighted by atomic mass is 16.5. The van der Waals surface area contributed by atoms with Crippen molar-refractivity contribution >= 4 is 5.78 Å². The third-order valence-corrected chi connectivity index (χ3v) is 15.4. The van der Waals surface area contributed by atoms with Crippen molar-refractivity contribution in [3.05, 3.63) is 0 Å². The predicted molar refractivity (Wildman–Crippen MR) is 175 cm³/mol. The first-order chi connectivity index (χ1) is 21.1. The Hall–Kier alpha value is -0.410. The van der Waals surface area contributed by atoms with Crippen LogP contribution in [-0.2, 0) is 14.3 Å². The molecule has 0 aromatic rings. The number of ether oxygens (including phenoxy) is 2. The lowest BCUT2D eigenvalue weighted by Gasteiger charge is -2.57. The van der Waals surface area contributed by atoms with Crippen LogP contribution in [0.4, 0.5) is 0 Å². The molecule has 0 radical (unpaired) electrons. The fourth-order valence-corrected chi connectivity index (χ4v) is 13.5. The lowest BCUT2D eigenvalue weighted by atomic mass is 9.48. The predicted octanol–water partition coefficient (Wildman–Crippen LogP) is 10.3. The first-order valence-electron chi connectivity index (χ1n) is 19.8. The van der Waals surface area contributed by atoms with Gasteiger partial charge < -0.3 is 9.47 Å². The van der Waals surface area contributed by atoms with Crippen molar-refractivity contribution in [1.82, 2.24) is 0 Å². The van der Waals surface area contributed by atoms with Gasteiger partial charge in [0.25, 0.3) is 0 Å². The van der Waals surface area contributed by atoms with Gasteiger partial charge in [0.2, 0.25) is 0 Å². The summed E-state index contributed by atoms with van der Waals surface area (Å²) in [7, 11) is 1.82. The van der Waals surface area contributed by atoms with Crippen molar-refractivity contribution in [2.75, 3.05) is 7.11 Å². The molecule has 7 fully saturated rings. The largest absolute Gasteiger partial charge is 0.381 e. The highest BCUT2D eigenvalue weighted by Gasteiger charge is 2.65. The zero-order valence-corrected chi connectivity index (χ0v) is 28.1. The smallest absolute Gasteiger partial charge is 0.139 e. The molecule has 7 saturated carbocycles. The lowest BCUT2D eigenvalue weighted by molar-refractivity contribution is -0.132. The second kappa shape index (κ2) is 13.8. The van der Waals surface area contributed by atoms with E-state index in [2.05, 4.69) is 6.92 Å². The SMILES string of the molecule is COC1CCC(C(=O)C2CCC(OC3CCC(C4(C5CCC(C)CC5)C5CCCCC5C5CCCCC54)CC3)CC2)CC1. The lowest BCUT2D eigenvalue weighted by Crippen LogP contribution is -2.50. The van der Waals surface area contributed by atoms with E-state index in [1.165, 1.54) is 64.2 Å². The number of carbonyl (C=O) groups is 1. The number of hydrogen-bond acceptors (Lipinski definition) is 3. The van der Waals surface area contributed by atoms with Crippen molar-refractivity contribution < 1.29 is 14.3 Å². The fraction of sp³-hybridized carbons (Fsp3) is 0.975. The van der Waals surface area contributed by atoms with Gasteiger partial charge in [0.1, 0.15) is 5.78 Å².